The van der Waals surface area contributed by atoms with Gasteiger partial charge in [0.25, 0.3) is 0 Å². The van der Waals surface area contributed by atoms with Crippen molar-refractivity contribution in [3.8, 4) is 0 Å². The molecule has 1 saturated heterocycles. The van der Waals surface area contributed by atoms with Crippen molar-refractivity contribution >= 4 is 29.3 Å². The number of fused-ring (bicyclic) bond motifs is 5. The highest BCUT2D eigenvalue weighted by Crippen LogP contribution is 2.61. The van der Waals surface area contributed by atoms with E-state index in [1.54, 1.807) is 24.3 Å². The van der Waals surface area contributed by atoms with E-state index in [2.05, 4.69) is 12.1 Å². The zero-order chi connectivity index (χ0) is 25.7. The minimum Gasteiger partial charge on any atom is -0.454 e. The van der Waals surface area contributed by atoms with Crippen molar-refractivity contribution < 1.29 is 23.9 Å². The first-order valence-corrected chi connectivity index (χ1v) is 12.7. The Balaban J connectivity index is 1.13. The number of ketones is 1. The molecular weight excluding hydrogens is 466 g/mol. The number of ether oxygens (including phenoxy) is 1. The van der Waals surface area contributed by atoms with E-state index in [0.717, 1.165) is 18.4 Å². The summed E-state index contributed by atoms with van der Waals surface area (Å²) in [5.74, 6) is -1.01. The van der Waals surface area contributed by atoms with Gasteiger partial charge in [-0.2, -0.15) is 0 Å². The fraction of sp³-hybridized carbons (Fsp3) is 0.290. The minimum absolute atomic E-state index is 0.131. The Hall–Kier alpha value is -4.06. The molecule has 3 aromatic carbocycles. The van der Waals surface area contributed by atoms with Crippen LogP contribution in [-0.4, -0.2) is 30.2 Å². The number of esters is 1. The summed E-state index contributed by atoms with van der Waals surface area (Å²) in [6.45, 7) is 1.57. The van der Waals surface area contributed by atoms with Crippen LogP contribution in [0.4, 0.5) is 5.69 Å². The summed E-state index contributed by atoms with van der Waals surface area (Å²) >= 11 is 0. The monoisotopic (exact) mass is 493 g/mol. The Morgan fingerprint density at radius 1 is 0.811 bits per heavy atom. The van der Waals surface area contributed by atoms with Crippen LogP contribution in [0.15, 0.2) is 78.9 Å². The maximum Gasteiger partial charge on any atom is 0.338 e. The van der Waals surface area contributed by atoms with Gasteiger partial charge in [-0.05, 0) is 67.3 Å². The molecule has 1 aliphatic heterocycles. The Morgan fingerprint density at radius 3 is 2.16 bits per heavy atom. The predicted molar refractivity (Wildman–Crippen MR) is 137 cm³/mol. The lowest BCUT2D eigenvalue weighted by Gasteiger charge is -2.28. The number of imide groups is 1. The van der Waals surface area contributed by atoms with Crippen LogP contribution >= 0.6 is 0 Å². The highest BCUT2D eigenvalue weighted by Gasteiger charge is 2.64. The summed E-state index contributed by atoms with van der Waals surface area (Å²) in [4.78, 5) is 53.0. The van der Waals surface area contributed by atoms with Crippen LogP contribution in [0.2, 0.25) is 0 Å². The molecule has 0 aromatic heterocycles. The third-order valence-corrected chi connectivity index (χ3v) is 8.31. The second-order valence-electron chi connectivity index (χ2n) is 10.4. The number of hydrogen-bond donors (Lipinski definition) is 0. The third-order valence-electron chi connectivity index (χ3n) is 8.31. The molecule has 3 aliphatic rings. The third kappa shape index (κ3) is 3.97. The summed E-state index contributed by atoms with van der Waals surface area (Å²) in [5.41, 5.74) is 3.48. The van der Waals surface area contributed by atoms with Gasteiger partial charge in [0.1, 0.15) is 0 Å². The Bertz CT molecular complexity index is 1380. The van der Waals surface area contributed by atoms with Gasteiger partial charge in [-0.1, -0.05) is 60.2 Å². The standard InChI is InChI=1S/C31H27NO5/c1-18-7-9-20(10-8-18)26(33)17-37-31(36)21-11-13-23(14-12-21)32-29(34)27-22-15-24(19-5-3-2-4-6-19)25(16-22)28(27)30(32)35/h2-14,22,24-25,27-28H,15-17H2,1H3/t22-,24-,25-,27+,28+/m1/s1. The van der Waals surface area contributed by atoms with E-state index in [9.17, 15) is 19.2 Å². The first-order chi connectivity index (χ1) is 17.9. The molecule has 0 N–H and O–H groups in total. The molecule has 2 aliphatic carbocycles. The van der Waals surface area contributed by atoms with E-state index in [-0.39, 0.29) is 53.4 Å². The zero-order valence-electron chi connectivity index (χ0n) is 20.5. The summed E-state index contributed by atoms with van der Waals surface area (Å²) in [7, 11) is 0. The van der Waals surface area contributed by atoms with Crippen LogP contribution in [0, 0.1) is 30.6 Å². The SMILES string of the molecule is Cc1ccc(C(=O)COC(=O)c2ccc(N3C(=O)[C@H]4[C@H]5C[C@@H]([C@@H]4C3=O)[C@@H](c3ccccc3)C5)cc2)cc1. The quantitative estimate of drug-likeness (QED) is 0.275. The van der Waals surface area contributed by atoms with Crippen molar-refractivity contribution in [3.05, 3.63) is 101 Å². The van der Waals surface area contributed by atoms with E-state index >= 15 is 0 Å². The number of aryl methyl sites for hydroxylation is 1. The van der Waals surface area contributed by atoms with Gasteiger partial charge in [0.05, 0.1) is 23.1 Å². The van der Waals surface area contributed by atoms with Gasteiger partial charge in [0, 0.05) is 5.56 Å². The number of benzene rings is 3. The van der Waals surface area contributed by atoms with Crippen LogP contribution in [0.3, 0.4) is 0 Å². The van der Waals surface area contributed by atoms with Crippen molar-refractivity contribution in [2.45, 2.75) is 25.7 Å². The van der Waals surface area contributed by atoms with Crippen molar-refractivity contribution in [3.63, 3.8) is 0 Å². The summed E-state index contributed by atoms with van der Waals surface area (Å²) in [5, 5.41) is 0. The zero-order valence-corrected chi connectivity index (χ0v) is 20.5. The molecule has 1 heterocycles. The molecule has 0 radical (unpaired) electrons. The Labute approximate surface area is 215 Å². The summed E-state index contributed by atoms with van der Waals surface area (Å²) in [6.07, 6.45) is 1.86. The molecule has 2 amide bonds. The average Bonchev–Trinajstić information content (AvgIpc) is 3.59. The molecule has 186 valence electrons. The van der Waals surface area contributed by atoms with Crippen LogP contribution in [-0.2, 0) is 14.3 Å². The lowest BCUT2D eigenvalue weighted by atomic mass is 9.73. The van der Waals surface area contributed by atoms with E-state index in [1.165, 1.54) is 22.6 Å². The fourth-order valence-corrected chi connectivity index (χ4v) is 6.58. The predicted octanol–water partition coefficient (Wildman–Crippen LogP) is 4.96. The molecule has 3 fully saturated rings. The number of hydrogen-bond acceptors (Lipinski definition) is 5. The number of rotatable bonds is 6. The Morgan fingerprint density at radius 2 is 1.46 bits per heavy atom. The number of anilines is 1. The van der Waals surface area contributed by atoms with Gasteiger partial charge in [0.2, 0.25) is 11.8 Å². The molecular formula is C31H27NO5. The first kappa shape index (κ1) is 23.3. The van der Waals surface area contributed by atoms with Gasteiger partial charge in [-0.15, -0.1) is 0 Å². The van der Waals surface area contributed by atoms with Gasteiger partial charge in [-0.25, -0.2) is 4.79 Å². The molecule has 3 aromatic rings. The van der Waals surface area contributed by atoms with E-state index in [4.69, 9.17) is 4.74 Å². The smallest absolute Gasteiger partial charge is 0.338 e. The lowest BCUT2D eigenvalue weighted by Crippen LogP contribution is -2.33. The van der Waals surface area contributed by atoms with E-state index in [1.807, 2.05) is 37.3 Å². The molecule has 6 heteroatoms. The lowest BCUT2D eigenvalue weighted by molar-refractivity contribution is -0.123. The molecule has 2 saturated carbocycles. The fourth-order valence-electron chi connectivity index (χ4n) is 6.58. The topological polar surface area (TPSA) is 80.8 Å². The van der Waals surface area contributed by atoms with Crippen molar-refractivity contribution in [2.24, 2.45) is 23.7 Å². The maximum absolute atomic E-state index is 13.5. The number of nitrogens with zero attached hydrogens (tertiary/aromatic N) is 1. The van der Waals surface area contributed by atoms with Gasteiger partial charge >= 0.3 is 5.97 Å². The number of amides is 2. The van der Waals surface area contributed by atoms with Crippen molar-refractivity contribution in [1.82, 2.24) is 0 Å². The van der Waals surface area contributed by atoms with Crippen LogP contribution < -0.4 is 4.90 Å². The first-order valence-electron chi connectivity index (χ1n) is 12.7. The molecule has 2 bridgehead atoms. The Kier molecular flexibility index (Phi) is 5.75. The second-order valence-corrected chi connectivity index (χ2v) is 10.4. The van der Waals surface area contributed by atoms with Crippen LogP contribution in [0.5, 0.6) is 0 Å². The van der Waals surface area contributed by atoms with Gasteiger partial charge in [0.15, 0.2) is 12.4 Å². The largest absolute Gasteiger partial charge is 0.454 e. The molecule has 0 unspecified atom stereocenters. The molecule has 6 rings (SSSR count). The average molecular weight is 494 g/mol. The molecule has 5 atom stereocenters. The van der Waals surface area contributed by atoms with Crippen LogP contribution in [0.25, 0.3) is 0 Å². The molecule has 6 nitrogen and oxygen atoms in total. The van der Waals surface area contributed by atoms with Crippen LogP contribution in [0.1, 0.15) is 50.6 Å². The van der Waals surface area contributed by atoms with Gasteiger partial charge < -0.3 is 4.74 Å². The number of carbonyl (C=O) groups is 4. The normalized spacial score (nSPS) is 25.9. The summed E-state index contributed by atoms with van der Waals surface area (Å²) < 4.78 is 5.20. The highest BCUT2D eigenvalue weighted by atomic mass is 16.5. The van der Waals surface area contributed by atoms with E-state index < -0.39 is 5.97 Å². The summed E-state index contributed by atoms with van der Waals surface area (Å²) in [6, 6.07) is 23.6. The minimum atomic E-state index is -0.633. The highest BCUT2D eigenvalue weighted by molar-refractivity contribution is 6.22. The van der Waals surface area contributed by atoms with E-state index in [0.29, 0.717) is 17.2 Å². The van der Waals surface area contributed by atoms with Crippen molar-refractivity contribution in [2.75, 3.05) is 11.5 Å². The second kappa shape index (κ2) is 9.11. The molecule has 37 heavy (non-hydrogen) atoms. The number of Topliss-reactive ketones (excluding diaryl/α,β-unsaturated/α-hetero) is 1. The number of carbonyl (C=O) groups excluding carboxylic acids is 4. The maximum atomic E-state index is 13.5. The molecule has 0 spiro atoms. The van der Waals surface area contributed by atoms with Gasteiger partial charge in [-0.3, -0.25) is 19.3 Å². The van der Waals surface area contributed by atoms with Crippen molar-refractivity contribution in [1.29, 1.82) is 0 Å².